The van der Waals surface area contributed by atoms with Gasteiger partial charge >= 0.3 is 0 Å². The smallest absolute Gasteiger partial charge is 0.148 e. The molecule has 0 bridgehead atoms. The standard InChI is InChI=1S/C13H21NO2S2/c1-11-4-5-13(10-12(11)2)17-8-6-14-7-9-18(3,15)16/h4-5,10,14H,6-9H2,1-3H3. The fourth-order valence-electron chi connectivity index (χ4n) is 1.43. The van der Waals surface area contributed by atoms with Crippen LogP contribution in [0, 0.1) is 13.8 Å². The average Bonchev–Trinajstić information content (AvgIpc) is 2.26. The number of hydrogen-bond donors (Lipinski definition) is 1. The van der Waals surface area contributed by atoms with E-state index in [1.54, 1.807) is 11.8 Å². The Hall–Kier alpha value is -0.520. The number of nitrogens with one attached hydrogen (secondary N) is 1. The number of benzene rings is 1. The van der Waals surface area contributed by atoms with E-state index in [1.165, 1.54) is 22.3 Å². The Morgan fingerprint density at radius 2 is 1.89 bits per heavy atom. The van der Waals surface area contributed by atoms with Gasteiger partial charge in [-0.05, 0) is 37.1 Å². The predicted octanol–water partition coefficient (Wildman–Crippen LogP) is 2.03. The molecule has 0 aliphatic rings. The van der Waals surface area contributed by atoms with E-state index in [1.807, 2.05) is 0 Å². The van der Waals surface area contributed by atoms with E-state index in [9.17, 15) is 8.42 Å². The van der Waals surface area contributed by atoms with Crippen molar-refractivity contribution >= 4 is 21.6 Å². The molecule has 0 atom stereocenters. The average molecular weight is 287 g/mol. The first kappa shape index (κ1) is 15.5. The van der Waals surface area contributed by atoms with Gasteiger partial charge in [0.15, 0.2) is 0 Å². The molecular weight excluding hydrogens is 266 g/mol. The van der Waals surface area contributed by atoms with Crippen LogP contribution >= 0.6 is 11.8 Å². The van der Waals surface area contributed by atoms with Crippen molar-refractivity contribution in [3.05, 3.63) is 29.3 Å². The molecule has 0 heterocycles. The van der Waals surface area contributed by atoms with Crippen molar-refractivity contribution in [2.24, 2.45) is 0 Å². The quantitative estimate of drug-likeness (QED) is 0.616. The van der Waals surface area contributed by atoms with Crippen molar-refractivity contribution in [3.63, 3.8) is 0 Å². The first-order valence-electron chi connectivity index (χ1n) is 5.97. The molecule has 0 aromatic heterocycles. The summed E-state index contributed by atoms with van der Waals surface area (Å²) in [5, 5.41) is 3.14. The van der Waals surface area contributed by atoms with Gasteiger partial charge in [-0.3, -0.25) is 0 Å². The fourth-order valence-corrected chi connectivity index (χ4v) is 2.85. The molecule has 1 N–H and O–H groups in total. The summed E-state index contributed by atoms with van der Waals surface area (Å²) < 4.78 is 21.8. The topological polar surface area (TPSA) is 46.2 Å². The van der Waals surface area contributed by atoms with Crippen molar-refractivity contribution in [1.82, 2.24) is 5.32 Å². The summed E-state index contributed by atoms with van der Waals surface area (Å²) in [6, 6.07) is 6.45. The molecule has 0 aliphatic carbocycles. The van der Waals surface area contributed by atoms with E-state index in [-0.39, 0.29) is 5.75 Å². The van der Waals surface area contributed by atoms with E-state index in [4.69, 9.17) is 0 Å². The highest BCUT2D eigenvalue weighted by atomic mass is 32.2. The van der Waals surface area contributed by atoms with Gasteiger partial charge in [-0.2, -0.15) is 0 Å². The molecule has 1 rings (SSSR count). The normalized spacial score (nSPS) is 11.7. The van der Waals surface area contributed by atoms with Crippen LogP contribution in [0.4, 0.5) is 0 Å². The van der Waals surface area contributed by atoms with Crippen molar-refractivity contribution in [2.45, 2.75) is 18.7 Å². The molecule has 0 amide bonds. The lowest BCUT2D eigenvalue weighted by Crippen LogP contribution is -2.24. The molecule has 0 aliphatic heterocycles. The fraction of sp³-hybridized carbons (Fsp3) is 0.538. The van der Waals surface area contributed by atoms with Crippen molar-refractivity contribution in [2.75, 3.05) is 30.9 Å². The molecule has 0 spiro atoms. The number of aryl methyl sites for hydroxylation is 2. The Morgan fingerprint density at radius 3 is 2.50 bits per heavy atom. The van der Waals surface area contributed by atoms with Crippen LogP contribution in [-0.2, 0) is 9.84 Å². The van der Waals surface area contributed by atoms with Gasteiger partial charge in [0.1, 0.15) is 9.84 Å². The number of rotatable bonds is 7. The zero-order chi connectivity index (χ0) is 13.6. The summed E-state index contributed by atoms with van der Waals surface area (Å²) >= 11 is 1.79. The van der Waals surface area contributed by atoms with Crippen LogP contribution in [0.15, 0.2) is 23.1 Å². The first-order valence-corrected chi connectivity index (χ1v) is 9.01. The van der Waals surface area contributed by atoms with Gasteiger partial charge in [0, 0.05) is 30.0 Å². The summed E-state index contributed by atoms with van der Waals surface area (Å²) in [7, 11) is -2.84. The lowest BCUT2D eigenvalue weighted by atomic mass is 10.1. The maximum absolute atomic E-state index is 10.9. The highest BCUT2D eigenvalue weighted by Gasteiger charge is 2.01. The molecule has 0 radical (unpaired) electrons. The van der Waals surface area contributed by atoms with Crippen molar-refractivity contribution < 1.29 is 8.42 Å². The summed E-state index contributed by atoms with van der Waals surface area (Å²) in [4.78, 5) is 1.27. The second-order valence-electron chi connectivity index (χ2n) is 4.47. The van der Waals surface area contributed by atoms with Crippen LogP contribution in [-0.4, -0.2) is 39.3 Å². The van der Waals surface area contributed by atoms with E-state index in [2.05, 4.69) is 37.4 Å². The minimum Gasteiger partial charge on any atom is -0.315 e. The SMILES string of the molecule is Cc1ccc(SCCNCCS(C)(=O)=O)cc1C. The molecule has 0 unspecified atom stereocenters. The monoisotopic (exact) mass is 287 g/mol. The Balaban J connectivity index is 2.20. The Bertz CT molecular complexity index is 484. The third-order valence-electron chi connectivity index (χ3n) is 2.68. The van der Waals surface area contributed by atoms with Crippen LogP contribution in [0.1, 0.15) is 11.1 Å². The number of thioether (sulfide) groups is 1. The molecule has 102 valence electrons. The lowest BCUT2D eigenvalue weighted by Gasteiger charge is -2.06. The van der Waals surface area contributed by atoms with Gasteiger partial charge < -0.3 is 5.32 Å². The Morgan fingerprint density at radius 1 is 1.17 bits per heavy atom. The number of sulfone groups is 1. The summed E-state index contributed by atoms with van der Waals surface area (Å²) in [5.74, 6) is 1.16. The van der Waals surface area contributed by atoms with Crippen molar-refractivity contribution in [3.8, 4) is 0 Å². The molecule has 5 heteroatoms. The van der Waals surface area contributed by atoms with Crippen LogP contribution in [0.2, 0.25) is 0 Å². The maximum Gasteiger partial charge on any atom is 0.148 e. The largest absolute Gasteiger partial charge is 0.315 e. The van der Waals surface area contributed by atoms with E-state index < -0.39 is 9.84 Å². The molecule has 0 saturated carbocycles. The minimum atomic E-state index is -2.84. The third kappa shape index (κ3) is 6.42. The molecule has 3 nitrogen and oxygen atoms in total. The summed E-state index contributed by atoms with van der Waals surface area (Å²) in [6.45, 7) is 5.58. The Kier molecular flexibility index (Phi) is 6.18. The van der Waals surface area contributed by atoms with Crippen LogP contribution < -0.4 is 5.32 Å². The minimum absolute atomic E-state index is 0.210. The van der Waals surface area contributed by atoms with Gasteiger partial charge in [0.2, 0.25) is 0 Å². The molecule has 18 heavy (non-hydrogen) atoms. The second kappa shape index (κ2) is 7.16. The van der Waals surface area contributed by atoms with Gasteiger partial charge in [-0.15, -0.1) is 11.8 Å². The van der Waals surface area contributed by atoms with E-state index in [0.717, 1.165) is 12.3 Å². The molecule has 0 fully saturated rings. The van der Waals surface area contributed by atoms with E-state index >= 15 is 0 Å². The van der Waals surface area contributed by atoms with Gasteiger partial charge in [-0.25, -0.2) is 8.42 Å². The van der Waals surface area contributed by atoms with Gasteiger partial charge in [0.25, 0.3) is 0 Å². The third-order valence-corrected chi connectivity index (χ3v) is 4.62. The Labute approximate surface area is 114 Å². The molecule has 1 aromatic rings. The van der Waals surface area contributed by atoms with Gasteiger partial charge in [-0.1, -0.05) is 6.07 Å². The summed E-state index contributed by atoms with van der Waals surface area (Å²) in [5.41, 5.74) is 2.62. The first-order chi connectivity index (χ1) is 8.38. The zero-order valence-electron chi connectivity index (χ0n) is 11.2. The van der Waals surface area contributed by atoms with Crippen LogP contribution in [0.25, 0.3) is 0 Å². The summed E-state index contributed by atoms with van der Waals surface area (Å²) in [6.07, 6.45) is 1.26. The maximum atomic E-state index is 10.9. The zero-order valence-corrected chi connectivity index (χ0v) is 12.8. The lowest BCUT2D eigenvalue weighted by molar-refractivity contribution is 0.598. The number of hydrogen-bond acceptors (Lipinski definition) is 4. The molecular formula is C13H21NO2S2. The van der Waals surface area contributed by atoms with Gasteiger partial charge in [0.05, 0.1) is 5.75 Å². The van der Waals surface area contributed by atoms with Crippen LogP contribution in [0.3, 0.4) is 0 Å². The van der Waals surface area contributed by atoms with E-state index in [0.29, 0.717) is 6.54 Å². The van der Waals surface area contributed by atoms with Crippen LogP contribution in [0.5, 0.6) is 0 Å². The highest BCUT2D eigenvalue weighted by molar-refractivity contribution is 7.99. The molecule has 0 saturated heterocycles. The van der Waals surface area contributed by atoms with Crippen molar-refractivity contribution in [1.29, 1.82) is 0 Å². The molecule has 1 aromatic carbocycles. The predicted molar refractivity (Wildman–Crippen MR) is 79.2 cm³/mol. The second-order valence-corrected chi connectivity index (χ2v) is 7.90. The highest BCUT2D eigenvalue weighted by Crippen LogP contribution is 2.20.